The fourth-order valence-electron chi connectivity index (χ4n) is 2.44. The van der Waals surface area contributed by atoms with Crippen LogP contribution >= 0.6 is 11.6 Å². The van der Waals surface area contributed by atoms with Gasteiger partial charge in [-0.2, -0.15) is 0 Å². The molecule has 130 valence electrons. The number of hydrogen-bond donors (Lipinski definition) is 0. The van der Waals surface area contributed by atoms with Crippen molar-refractivity contribution in [3.8, 4) is 0 Å². The number of halogens is 1. The van der Waals surface area contributed by atoms with Gasteiger partial charge in [0, 0.05) is 31.1 Å². The molecule has 0 radical (unpaired) electrons. The Balaban J connectivity index is 2.46. The van der Waals surface area contributed by atoms with Crippen LogP contribution in [0, 0.1) is 0 Å². The molecular weight excluding hydrogens is 310 g/mol. The second-order valence-corrected chi connectivity index (χ2v) is 7.16. The maximum atomic E-state index is 11.7. The first-order chi connectivity index (χ1) is 10.9. The zero-order valence-corrected chi connectivity index (χ0v) is 15.7. The summed E-state index contributed by atoms with van der Waals surface area (Å²) in [5.41, 5.74) is 2.06. The van der Waals surface area contributed by atoms with Gasteiger partial charge in [0.25, 0.3) is 0 Å². The van der Waals surface area contributed by atoms with E-state index < -0.39 is 5.60 Å². The number of hydrogen-bond acceptors (Lipinski definition) is 3. The van der Waals surface area contributed by atoms with Crippen molar-refractivity contribution in [3.63, 3.8) is 0 Å². The highest BCUT2D eigenvalue weighted by atomic mass is 35.5. The van der Waals surface area contributed by atoms with Crippen LogP contribution in [0.15, 0.2) is 24.3 Å². The maximum absolute atomic E-state index is 11.7. The van der Waals surface area contributed by atoms with Crippen LogP contribution in [0.2, 0.25) is 0 Å². The van der Waals surface area contributed by atoms with Crippen LogP contribution in [-0.4, -0.2) is 30.5 Å². The van der Waals surface area contributed by atoms with Gasteiger partial charge in [0.05, 0.1) is 0 Å². The number of ether oxygens (including phenoxy) is 1. The number of benzene rings is 1. The van der Waals surface area contributed by atoms with Gasteiger partial charge >= 0.3 is 5.97 Å². The van der Waals surface area contributed by atoms with Crippen molar-refractivity contribution in [2.24, 2.45) is 0 Å². The van der Waals surface area contributed by atoms with E-state index in [2.05, 4.69) is 36.1 Å². The average Bonchev–Trinajstić information content (AvgIpc) is 2.46. The summed E-state index contributed by atoms with van der Waals surface area (Å²) >= 11 is 5.87. The van der Waals surface area contributed by atoms with Gasteiger partial charge in [0.1, 0.15) is 5.60 Å². The van der Waals surface area contributed by atoms with Crippen LogP contribution in [0.4, 0.5) is 5.69 Å². The summed E-state index contributed by atoms with van der Waals surface area (Å²) in [6.07, 6.45) is 3.28. The van der Waals surface area contributed by atoms with Gasteiger partial charge in [-0.3, -0.25) is 4.79 Å². The molecule has 0 amide bonds. The Morgan fingerprint density at radius 2 is 1.83 bits per heavy atom. The van der Waals surface area contributed by atoms with Crippen molar-refractivity contribution in [2.45, 2.75) is 59.0 Å². The molecule has 0 saturated carbocycles. The van der Waals surface area contributed by atoms with Crippen molar-refractivity contribution in [2.75, 3.05) is 23.9 Å². The van der Waals surface area contributed by atoms with Crippen molar-refractivity contribution >= 4 is 23.3 Å². The standard InChI is InChI=1S/C19H30ClNO2/c1-5-14-21(15-13-20)17-11-9-16(10-12-17)7-6-8-18(22)23-19(2,3)4/h9-12H,5-8,13-15H2,1-4H3. The summed E-state index contributed by atoms with van der Waals surface area (Å²) in [7, 11) is 0. The lowest BCUT2D eigenvalue weighted by atomic mass is 10.1. The molecule has 0 saturated heterocycles. The fraction of sp³-hybridized carbons (Fsp3) is 0.632. The second-order valence-electron chi connectivity index (χ2n) is 6.78. The zero-order chi connectivity index (χ0) is 17.3. The minimum absolute atomic E-state index is 0.120. The minimum Gasteiger partial charge on any atom is -0.460 e. The molecule has 4 heteroatoms. The molecule has 0 unspecified atom stereocenters. The fourth-order valence-corrected chi connectivity index (χ4v) is 2.65. The molecule has 0 bridgehead atoms. The zero-order valence-electron chi connectivity index (χ0n) is 14.9. The number of anilines is 1. The van der Waals surface area contributed by atoms with Crippen LogP contribution < -0.4 is 4.90 Å². The maximum Gasteiger partial charge on any atom is 0.306 e. The summed E-state index contributed by atoms with van der Waals surface area (Å²) in [6.45, 7) is 9.75. The van der Waals surface area contributed by atoms with Gasteiger partial charge < -0.3 is 9.64 Å². The van der Waals surface area contributed by atoms with E-state index in [9.17, 15) is 4.79 Å². The Kier molecular flexibility index (Phi) is 8.46. The molecule has 0 N–H and O–H groups in total. The van der Waals surface area contributed by atoms with Crippen LogP contribution in [0.5, 0.6) is 0 Å². The van der Waals surface area contributed by atoms with E-state index in [1.807, 2.05) is 20.8 Å². The SMILES string of the molecule is CCCN(CCCl)c1ccc(CCCC(=O)OC(C)(C)C)cc1. The molecule has 0 aromatic heterocycles. The van der Waals surface area contributed by atoms with E-state index in [1.54, 1.807) is 0 Å². The summed E-state index contributed by atoms with van der Waals surface area (Å²) in [6, 6.07) is 8.57. The summed E-state index contributed by atoms with van der Waals surface area (Å²) in [5.74, 6) is 0.517. The van der Waals surface area contributed by atoms with Crippen LogP contribution in [0.1, 0.15) is 52.5 Å². The number of alkyl halides is 1. The summed E-state index contributed by atoms with van der Waals surface area (Å²) < 4.78 is 5.32. The number of nitrogens with zero attached hydrogens (tertiary/aromatic N) is 1. The van der Waals surface area contributed by atoms with Gasteiger partial charge in [-0.25, -0.2) is 0 Å². The number of rotatable bonds is 9. The lowest BCUT2D eigenvalue weighted by Gasteiger charge is -2.23. The normalized spacial score (nSPS) is 11.3. The summed E-state index contributed by atoms with van der Waals surface area (Å²) in [4.78, 5) is 14.0. The smallest absolute Gasteiger partial charge is 0.306 e. The summed E-state index contributed by atoms with van der Waals surface area (Å²) in [5, 5.41) is 0. The quantitative estimate of drug-likeness (QED) is 0.478. The minimum atomic E-state index is -0.399. The number of aryl methyl sites for hydroxylation is 1. The number of carbonyl (C=O) groups is 1. The Labute approximate surface area is 146 Å². The van der Waals surface area contributed by atoms with Gasteiger partial charge in [-0.15, -0.1) is 11.6 Å². The van der Waals surface area contributed by atoms with E-state index in [1.165, 1.54) is 11.3 Å². The lowest BCUT2D eigenvalue weighted by Crippen LogP contribution is -2.26. The van der Waals surface area contributed by atoms with E-state index in [-0.39, 0.29) is 5.97 Å². The van der Waals surface area contributed by atoms with Gasteiger partial charge in [-0.1, -0.05) is 19.1 Å². The first-order valence-corrected chi connectivity index (χ1v) is 9.01. The van der Waals surface area contributed by atoms with E-state index in [0.29, 0.717) is 12.3 Å². The largest absolute Gasteiger partial charge is 0.460 e. The molecule has 0 spiro atoms. The third-order valence-electron chi connectivity index (χ3n) is 3.42. The Morgan fingerprint density at radius 3 is 2.35 bits per heavy atom. The van der Waals surface area contributed by atoms with Crippen LogP contribution in [-0.2, 0) is 16.0 Å². The lowest BCUT2D eigenvalue weighted by molar-refractivity contribution is -0.154. The third-order valence-corrected chi connectivity index (χ3v) is 3.58. The first kappa shape index (κ1) is 19.8. The van der Waals surface area contributed by atoms with E-state index in [0.717, 1.165) is 32.4 Å². The predicted octanol–water partition coefficient (Wildman–Crippen LogP) is 4.81. The average molecular weight is 340 g/mol. The Bertz CT molecular complexity index is 459. The number of carbonyl (C=O) groups excluding carboxylic acids is 1. The van der Waals surface area contributed by atoms with Crippen molar-refractivity contribution < 1.29 is 9.53 Å². The number of esters is 1. The molecule has 0 aliphatic rings. The van der Waals surface area contributed by atoms with Crippen molar-refractivity contribution in [3.05, 3.63) is 29.8 Å². The molecule has 0 heterocycles. The molecular formula is C19H30ClNO2. The highest BCUT2D eigenvalue weighted by molar-refractivity contribution is 6.18. The van der Waals surface area contributed by atoms with E-state index in [4.69, 9.17) is 16.3 Å². The highest BCUT2D eigenvalue weighted by Crippen LogP contribution is 2.17. The third kappa shape index (κ3) is 8.26. The molecule has 3 nitrogen and oxygen atoms in total. The van der Waals surface area contributed by atoms with Crippen molar-refractivity contribution in [1.29, 1.82) is 0 Å². The van der Waals surface area contributed by atoms with Gasteiger partial charge in [0.15, 0.2) is 0 Å². The molecule has 0 aliphatic carbocycles. The molecule has 0 aliphatic heterocycles. The molecule has 0 fully saturated rings. The van der Waals surface area contributed by atoms with Gasteiger partial charge in [0.2, 0.25) is 0 Å². The molecule has 1 aromatic rings. The highest BCUT2D eigenvalue weighted by Gasteiger charge is 2.15. The second kappa shape index (κ2) is 9.82. The monoisotopic (exact) mass is 339 g/mol. The Morgan fingerprint density at radius 1 is 1.17 bits per heavy atom. The van der Waals surface area contributed by atoms with Crippen LogP contribution in [0.3, 0.4) is 0 Å². The van der Waals surface area contributed by atoms with Crippen LogP contribution in [0.25, 0.3) is 0 Å². The van der Waals surface area contributed by atoms with Gasteiger partial charge in [-0.05, 0) is 57.7 Å². The molecule has 1 aromatic carbocycles. The molecule has 0 atom stereocenters. The first-order valence-electron chi connectivity index (χ1n) is 8.47. The predicted molar refractivity (Wildman–Crippen MR) is 98.4 cm³/mol. The van der Waals surface area contributed by atoms with E-state index >= 15 is 0 Å². The molecule has 1 rings (SSSR count). The Hall–Kier alpha value is -1.22. The topological polar surface area (TPSA) is 29.5 Å². The van der Waals surface area contributed by atoms with Crippen molar-refractivity contribution in [1.82, 2.24) is 0 Å². The molecule has 23 heavy (non-hydrogen) atoms.